The molecule has 18 heavy (non-hydrogen) atoms. The lowest BCUT2D eigenvalue weighted by Gasteiger charge is -2.09. The standard InChI is InChI=1S/C8N8S2/c9-1-11-3-5-7(15-17-13-5)4(12-2-10)8-6(3)14-18-16-8. The second-order valence-electron chi connectivity index (χ2n) is 3.04. The van der Waals surface area contributed by atoms with Gasteiger partial charge in [-0.3, -0.25) is 0 Å². The van der Waals surface area contributed by atoms with Crippen LogP contribution in [-0.2, 0) is 0 Å². The highest BCUT2D eigenvalue weighted by atomic mass is 32.1. The molecule has 2 aromatic rings. The molecule has 3 rings (SSSR count). The van der Waals surface area contributed by atoms with Gasteiger partial charge < -0.3 is 0 Å². The minimum atomic E-state index is 0.321. The van der Waals surface area contributed by atoms with Crippen LogP contribution < -0.4 is 0 Å². The van der Waals surface area contributed by atoms with Crippen LogP contribution in [0.25, 0.3) is 0 Å². The molecule has 1 aliphatic carbocycles. The number of hydrogen-bond donors (Lipinski definition) is 0. The predicted octanol–water partition coefficient (Wildman–Crippen LogP) is 0.340. The second kappa shape index (κ2) is 4.03. The summed E-state index contributed by atoms with van der Waals surface area (Å²) in [6.07, 6.45) is 3.40. The van der Waals surface area contributed by atoms with E-state index in [-0.39, 0.29) is 0 Å². The van der Waals surface area contributed by atoms with Crippen molar-refractivity contribution in [1.82, 2.24) is 17.5 Å². The molecule has 0 bridgehead atoms. The molecule has 10 heteroatoms. The first kappa shape index (κ1) is 10.6. The van der Waals surface area contributed by atoms with Crippen molar-refractivity contribution in [2.24, 2.45) is 9.98 Å². The molecule has 1 aliphatic rings. The van der Waals surface area contributed by atoms with E-state index in [1.807, 2.05) is 0 Å². The van der Waals surface area contributed by atoms with E-state index in [0.29, 0.717) is 34.2 Å². The zero-order chi connectivity index (χ0) is 12.5. The van der Waals surface area contributed by atoms with Gasteiger partial charge in [-0.25, -0.2) is 0 Å². The molecule has 0 fully saturated rings. The molecule has 0 saturated carbocycles. The Morgan fingerprint density at radius 2 is 1.06 bits per heavy atom. The van der Waals surface area contributed by atoms with E-state index >= 15 is 0 Å². The average Bonchev–Trinajstić information content (AvgIpc) is 3.01. The molecule has 2 heterocycles. The fourth-order valence-electron chi connectivity index (χ4n) is 1.53. The highest BCUT2D eigenvalue weighted by molar-refractivity contribution is 7.00. The molecule has 0 saturated heterocycles. The number of rotatable bonds is 0. The zero-order valence-electron chi connectivity index (χ0n) is 8.39. The van der Waals surface area contributed by atoms with Gasteiger partial charge in [0.1, 0.15) is 34.2 Å². The van der Waals surface area contributed by atoms with Gasteiger partial charge in [-0.15, -0.1) is 0 Å². The molecule has 0 spiro atoms. The van der Waals surface area contributed by atoms with Crippen molar-refractivity contribution in [3.63, 3.8) is 0 Å². The summed E-state index contributed by atoms with van der Waals surface area (Å²) in [6, 6.07) is 0. The van der Waals surface area contributed by atoms with Crippen LogP contribution in [0, 0.1) is 22.9 Å². The lowest BCUT2D eigenvalue weighted by atomic mass is 9.98. The highest BCUT2D eigenvalue weighted by Gasteiger charge is 2.34. The normalized spacial score (nSPS) is 12.1. The largest absolute Gasteiger partial charge is 0.206 e. The highest BCUT2D eigenvalue weighted by Crippen LogP contribution is 2.25. The maximum absolute atomic E-state index is 8.70. The van der Waals surface area contributed by atoms with Gasteiger partial charge in [0, 0.05) is 0 Å². The van der Waals surface area contributed by atoms with E-state index in [0.717, 1.165) is 23.5 Å². The van der Waals surface area contributed by atoms with Crippen LogP contribution in [0.5, 0.6) is 0 Å². The molecule has 0 unspecified atom stereocenters. The third-order valence-electron chi connectivity index (χ3n) is 2.20. The SMILES string of the molecule is N#CN=C1c2nsnc2C(=NC#N)c2nsnc21. The topological polar surface area (TPSA) is 124 Å². The van der Waals surface area contributed by atoms with Crippen molar-refractivity contribution in [1.29, 1.82) is 10.5 Å². The summed E-state index contributed by atoms with van der Waals surface area (Å²) in [5, 5.41) is 17.4. The van der Waals surface area contributed by atoms with Crippen LogP contribution in [-0.4, -0.2) is 28.9 Å². The molecule has 0 aliphatic heterocycles. The number of aliphatic imine (C=N–C) groups is 2. The average molecular weight is 272 g/mol. The number of nitriles is 2. The van der Waals surface area contributed by atoms with Gasteiger partial charge in [0.05, 0.1) is 23.5 Å². The van der Waals surface area contributed by atoms with Gasteiger partial charge in [0.25, 0.3) is 0 Å². The van der Waals surface area contributed by atoms with E-state index in [1.165, 1.54) is 0 Å². The lowest BCUT2D eigenvalue weighted by Crippen LogP contribution is -2.22. The Kier molecular flexibility index (Phi) is 2.37. The van der Waals surface area contributed by atoms with Crippen LogP contribution in [0.15, 0.2) is 9.98 Å². The van der Waals surface area contributed by atoms with Crippen molar-refractivity contribution in [2.45, 2.75) is 0 Å². The van der Waals surface area contributed by atoms with E-state index in [1.54, 1.807) is 12.4 Å². The summed E-state index contributed by atoms with van der Waals surface area (Å²) < 4.78 is 16.3. The quantitative estimate of drug-likeness (QED) is 0.543. The molecule has 8 nitrogen and oxygen atoms in total. The van der Waals surface area contributed by atoms with Crippen LogP contribution in [0.1, 0.15) is 22.8 Å². The third kappa shape index (κ3) is 1.34. The lowest BCUT2D eigenvalue weighted by molar-refractivity contribution is 1.28. The van der Waals surface area contributed by atoms with Crippen LogP contribution >= 0.6 is 23.5 Å². The Labute approximate surface area is 108 Å². The van der Waals surface area contributed by atoms with Crippen molar-refractivity contribution >= 4 is 34.9 Å². The number of hydrogen-bond acceptors (Lipinski definition) is 10. The third-order valence-corrected chi connectivity index (χ3v) is 3.25. The molecule has 0 amide bonds. The maximum Gasteiger partial charge on any atom is 0.206 e. The molecular weight excluding hydrogens is 272 g/mol. The van der Waals surface area contributed by atoms with Gasteiger partial charge >= 0.3 is 0 Å². The Morgan fingerprint density at radius 3 is 1.33 bits per heavy atom. The second-order valence-corrected chi connectivity index (χ2v) is 4.10. The van der Waals surface area contributed by atoms with Crippen molar-refractivity contribution in [3.8, 4) is 12.4 Å². The summed E-state index contributed by atoms with van der Waals surface area (Å²) in [4.78, 5) is 7.40. The molecule has 0 atom stereocenters. The van der Waals surface area contributed by atoms with Crippen LogP contribution in [0.3, 0.4) is 0 Å². The summed E-state index contributed by atoms with van der Waals surface area (Å²) in [5.41, 5.74) is 2.29. The van der Waals surface area contributed by atoms with Crippen LogP contribution in [0.2, 0.25) is 0 Å². The fourth-order valence-corrected chi connectivity index (χ4v) is 2.63. The van der Waals surface area contributed by atoms with Gasteiger partial charge in [-0.1, -0.05) is 0 Å². The van der Waals surface area contributed by atoms with Crippen molar-refractivity contribution < 1.29 is 0 Å². The Hall–Kier alpha value is -2.56. The van der Waals surface area contributed by atoms with Crippen LogP contribution in [0.4, 0.5) is 0 Å². The van der Waals surface area contributed by atoms with Gasteiger partial charge in [0.2, 0.25) is 12.4 Å². The molecule has 0 radical (unpaired) electrons. The van der Waals surface area contributed by atoms with E-state index < -0.39 is 0 Å². The first-order chi connectivity index (χ1) is 8.86. The van der Waals surface area contributed by atoms with E-state index in [9.17, 15) is 0 Å². The van der Waals surface area contributed by atoms with E-state index in [2.05, 4.69) is 27.5 Å². The minimum Gasteiger partial charge on any atom is -0.170 e. The minimum absolute atomic E-state index is 0.321. The molecular formula is C8N8S2. The van der Waals surface area contributed by atoms with Crippen molar-refractivity contribution in [3.05, 3.63) is 22.8 Å². The monoisotopic (exact) mass is 272 g/mol. The molecule has 0 N–H and O–H groups in total. The Bertz CT molecular complexity index is 660. The summed E-state index contributed by atoms with van der Waals surface area (Å²) >= 11 is 1.91. The van der Waals surface area contributed by atoms with Crippen molar-refractivity contribution in [2.75, 3.05) is 0 Å². The molecule has 84 valence electrons. The fraction of sp³-hybridized carbons (Fsp3) is 0. The van der Waals surface area contributed by atoms with Gasteiger partial charge in [0.15, 0.2) is 0 Å². The van der Waals surface area contributed by atoms with E-state index in [4.69, 9.17) is 10.5 Å². The number of fused-ring (bicyclic) bond motifs is 2. The Morgan fingerprint density at radius 1 is 0.722 bits per heavy atom. The van der Waals surface area contributed by atoms with Gasteiger partial charge in [-0.2, -0.15) is 38.0 Å². The smallest absolute Gasteiger partial charge is 0.170 e. The zero-order valence-corrected chi connectivity index (χ0v) is 10.0. The van der Waals surface area contributed by atoms with Gasteiger partial charge in [-0.05, 0) is 0 Å². The number of aromatic nitrogens is 4. The number of nitrogens with zero attached hydrogens (tertiary/aromatic N) is 8. The first-order valence-electron chi connectivity index (χ1n) is 4.47. The first-order valence-corrected chi connectivity index (χ1v) is 5.93. The maximum atomic E-state index is 8.70. The summed E-state index contributed by atoms with van der Waals surface area (Å²) in [7, 11) is 0. The molecule has 0 aromatic carbocycles. The summed E-state index contributed by atoms with van der Waals surface area (Å²) in [6.45, 7) is 0. The summed E-state index contributed by atoms with van der Waals surface area (Å²) in [5.74, 6) is 0. The Balaban J connectivity index is 2.37. The predicted molar refractivity (Wildman–Crippen MR) is 62.3 cm³/mol. The molecule has 2 aromatic heterocycles.